The quantitative estimate of drug-likeness (QED) is 0.527. The number of hydrogen-bond donors (Lipinski definition) is 0. The van der Waals surface area contributed by atoms with Crippen LogP contribution in [0.1, 0.15) is 11.1 Å². The van der Waals surface area contributed by atoms with Gasteiger partial charge in [-0.1, -0.05) is 35.4 Å². The monoisotopic (exact) mass is 416 g/mol. The Morgan fingerprint density at radius 3 is 1.00 bits per heavy atom. The van der Waals surface area contributed by atoms with E-state index in [1.54, 1.807) is 24.3 Å². The Kier molecular flexibility index (Phi) is 10.3. The maximum Gasteiger partial charge on any atom is 2.00 e. The molecule has 0 spiro atoms. The predicted octanol–water partition coefficient (Wildman–Crippen LogP) is 0.971. The Morgan fingerprint density at radius 2 is 0.833 bits per heavy atom. The van der Waals surface area contributed by atoms with Crippen LogP contribution in [0.4, 0.5) is 0 Å². The van der Waals surface area contributed by atoms with Crippen LogP contribution in [0.25, 0.3) is 0 Å². The van der Waals surface area contributed by atoms with Gasteiger partial charge in [-0.25, -0.2) is 16.8 Å². The molecule has 0 atom stereocenters. The van der Waals surface area contributed by atoms with E-state index in [0.29, 0.717) is 0 Å². The van der Waals surface area contributed by atoms with Gasteiger partial charge in [0, 0.05) is 0 Å². The zero-order valence-electron chi connectivity index (χ0n) is 12.7. The van der Waals surface area contributed by atoms with E-state index in [2.05, 4.69) is 0 Å². The minimum Gasteiger partial charge on any atom is -0.744 e. The molecule has 134 valence electrons. The number of benzene rings is 2. The van der Waals surface area contributed by atoms with Gasteiger partial charge in [0.15, 0.2) is 0 Å². The molecule has 0 saturated carbocycles. The second-order valence-corrected chi connectivity index (χ2v) is 7.29. The third-order valence-corrected chi connectivity index (χ3v) is 4.32. The first kappa shape index (κ1) is 25.0. The van der Waals surface area contributed by atoms with Gasteiger partial charge in [-0.15, -0.1) is 0 Å². The minimum absolute atomic E-state index is 0. The Labute approximate surface area is 152 Å². The summed E-state index contributed by atoms with van der Waals surface area (Å²) in [6, 6.07) is 11.6. The fraction of sp³-hybridized carbons (Fsp3) is 0.143. The Bertz CT molecular complexity index is 754. The van der Waals surface area contributed by atoms with Crippen molar-refractivity contribution in [1.82, 2.24) is 0 Å². The average Bonchev–Trinajstić information content (AvgIpc) is 2.38. The third kappa shape index (κ3) is 8.55. The first-order chi connectivity index (χ1) is 10.00. The van der Waals surface area contributed by atoms with E-state index >= 15 is 0 Å². The standard InChI is InChI=1S/2C7H8O3S.Fe.H2O/c2*1-6-2-4-7(5-3-6)11(8,9)10;;/h2*2-5H,1H3,(H,8,9,10);;1H2/q;;+2;/p-2. The van der Waals surface area contributed by atoms with Crippen LogP contribution in [-0.4, -0.2) is 31.4 Å². The molecule has 0 aliphatic heterocycles. The molecular weight excluding hydrogens is 400 g/mol. The maximum atomic E-state index is 10.4. The molecule has 0 aliphatic carbocycles. The smallest absolute Gasteiger partial charge is 0.744 e. The zero-order valence-corrected chi connectivity index (χ0v) is 15.5. The van der Waals surface area contributed by atoms with E-state index in [1.165, 1.54) is 24.3 Å². The summed E-state index contributed by atoms with van der Waals surface area (Å²) in [5, 5.41) is 0. The van der Waals surface area contributed by atoms with Crippen LogP contribution in [0.2, 0.25) is 0 Å². The van der Waals surface area contributed by atoms with E-state index in [1.807, 2.05) is 13.8 Å². The van der Waals surface area contributed by atoms with Crippen molar-refractivity contribution in [2.45, 2.75) is 23.6 Å². The van der Waals surface area contributed by atoms with Gasteiger partial charge in [0.25, 0.3) is 0 Å². The van der Waals surface area contributed by atoms with Crippen LogP contribution in [0.15, 0.2) is 58.3 Å². The van der Waals surface area contributed by atoms with Crippen molar-refractivity contribution in [2.75, 3.05) is 0 Å². The predicted molar refractivity (Wildman–Crippen MR) is 81.9 cm³/mol. The van der Waals surface area contributed by atoms with E-state index in [9.17, 15) is 25.9 Å². The summed E-state index contributed by atoms with van der Waals surface area (Å²) in [7, 11) is -8.54. The van der Waals surface area contributed by atoms with Gasteiger partial charge in [-0.05, 0) is 38.1 Å². The van der Waals surface area contributed by atoms with Gasteiger partial charge in [0.1, 0.15) is 20.2 Å². The molecule has 0 radical (unpaired) electrons. The van der Waals surface area contributed by atoms with Crippen LogP contribution >= 0.6 is 0 Å². The summed E-state index contributed by atoms with van der Waals surface area (Å²) < 4.78 is 62.3. The molecule has 0 unspecified atom stereocenters. The van der Waals surface area contributed by atoms with Crippen molar-refractivity contribution in [2.24, 2.45) is 0 Å². The van der Waals surface area contributed by atoms with Crippen LogP contribution < -0.4 is 0 Å². The molecule has 2 rings (SSSR count). The van der Waals surface area contributed by atoms with Gasteiger partial charge in [0.05, 0.1) is 9.79 Å². The fourth-order valence-corrected chi connectivity index (χ4v) is 2.35. The molecule has 7 nitrogen and oxygen atoms in total. The third-order valence-electron chi connectivity index (χ3n) is 2.62. The molecule has 0 amide bonds. The summed E-state index contributed by atoms with van der Waals surface area (Å²) >= 11 is 0. The van der Waals surface area contributed by atoms with Crippen LogP contribution in [0.5, 0.6) is 0 Å². The zero-order chi connectivity index (χ0) is 17.0. The van der Waals surface area contributed by atoms with Crippen molar-refractivity contribution in [3.63, 3.8) is 0 Å². The van der Waals surface area contributed by atoms with Crippen molar-refractivity contribution in [3.05, 3.63) is 59.7 Å². The topological polar surface area (TPSA) is 146 Å². The first-order valence-corrected chi connectivity index (χ1v) is 8.87. The van der Waals surface area contributed by atoms with Gasteiger partial charge < -0.3 is 14.6 Å². The van der Waals surface area contributed by atoms with E-state index in [-0.39, 0.29) is 32.3 Å². The number of rotatable bonds is 2. The maximum absolute atomic E-state index is 10.4. The molecule has 24 heavy (non-hydrogen) atoms. The van der Waals surface area contributed by atoms with Crippen molar-refractivity contribution in [3.8, 4) is 0 Å². The molecule has 2 aromatic rings. The minimum atomic E-state index is -4.27. The van der Waals surface area contributed by atoms with Gasteiger partial charge in [0.2, 0.25) is 0 Å². The molecule has 2 N–H and O–H groups in total. The van der Waals surface area contributed by atoms with Crippen molar-refractivity contribution in [1.29, 1.82) is 0 Å². The average molecular weight is 416 g/mol. The van der Waals surface area contributed by atoms with Gasteiger partial charge in [-0.2, -0.15) is 0 Å². The molecular formula is C14H16FeO7S2. The summed E-state index contributed by atoms with van der Waals surface area (Å²) in [4.78, 5) is -0.355. The molecule has 0 bridgehead atoms. The Hall–Kier alpha value is -1.26. The van der Waals surface area contributed by atoms with E-state index in [0.717, 1.165) is 11.1 Å². The van der Waals surface area contributed by atoms with Crippen LogP contribution in [0, 0.1) is 13.8 Å². The Balaban J connectivity index is 0. The molecule has 0 aliphatic rings. The molecule has 10 heteroatoms. The molecule has 0 aromatic heterocycles. The van der Waals surface area contributed by atoms with Crippen molar-refractivity contribution < 1.29 is 48.5 Å². The van der Waals surface area contributed by atoms with Crippen molar-refractivity contribution >= 4 is 20.2 Å². The number of aryl methyl sites for hydroxylation is 2. The SMILES string of the molecule is Cc1ccc(S(=O)(=O)[O-])cc1.Cc1ccc(S(=O)(=O)[O-])cc1.O.[Fe+2]. The Morgan fingerprint density at radius 1 is 0.625 bits per heavy atom. The van der Waals surface area contributed by atoms with Gasteiger partial charge in [-0.3, -0.25) is 0 Å². The summed E-state index contributed by atoms with van der Waals surface area (Å²) in [6.07, 6.45) is 0. The molecule has 2 aromatic carbocycles. The summed E-state index contributed by atoms with van der Waals surface area (Å²) in [5.41, 5.74) is 1.86. The fourth-order valence-electron chi connectivity index (χ4n) is 1.41. The van der Waals surface area contributed by atoms with Gasteiger partial charge >= 0.3 is 17.1 Å². The first-order valence-electron chi connectivity index (χ1n) is 6.05. The van der Waals surface area contributed by atoms with E-state index < -0.39 is 20.2 Å². The normalized spacial score (nSPS) is 10.5. The molecule has 0 heterocycles. The molecule has 0 saturated heterocycles. The second-order valence-electron chi connectivity index (χ2n) is 4.53. The molecule has 0 fully saturated rings. The summed E-state index contributed by atoms with van der Waals surface area (Å²) in [5.74, 6) is 0. The van der Waals surface area contributed by atoms with Crippen LogP contribution in [0.3, 0.4) is 0 Å². The number of hydrogen-bond acceptors (Lipinski definition) is 6. The largest absolute Gasteiger partial charge is 2.00 e. The summed E-state index contributed by atoms with van der Waals surface area (Å²) in [6.45, 7) is 3.64. The van der Waals surface area contributed by atoms with E-state index in [4.69, 9.17) is 0 Å². The van der Waals surface area contributed by atoms with Crippen LogP contribution in [-0.2, 0) is 37.3 Å². The second kappa shape index (κ2) is 9.90.